The van der Waals surface area contributed by atoms with Crippen molar-refractivity contribution < 1.29 is 13.9 Å². The van der Waals surface area contributed by atoms with Gasteiger partial charge in [0.25, 0.3) is 0 Å². The Bertz CT molecular complexity index is 922. The molecule has 0 aliphatic carbocycles. The molecule has 4 nitrogen and oxygen atoms in total. The third kappa shape index (κ3) is 3.81. The number of nitrogens with zero attached hydrogens (tertiary/aromatic N) is 2. The van der Waals surface area contributed by atoms with E-state index in [1.54, 1.807) is 12.1 Å². The van der Waals surface area contributed by atoms with E-state index in [1.807, 2.05) is 31.2 Å². The van der Waals surface area contributed by atoms with Crippen LogP contribution in [0.2, 0.25) is 0 Å². The highest BCUT2D eigenvalue weighted by Crippen LogP contribution is 2.13. The summed E-state index contributed by atoms with van der Waals surface area (Å²) in [5, 5.41) is 0. The Morgan fingerprint density at radius 2 is 1.88 bits per heavy atom. The third-order valence-corrected chi connectivity index (χ3v) is 3.45. The summed E-state index contributed by atoms with van der Waals surface area (Å²) in [4.78, 5) is 20.7. The largest absolute Gasteiger partial charge is 0.456 e. The molecular weight excluding hydrogens is 307 g/mol. The molecule has 0 saturated heterocycles. The zero-order valence-electron chi connectivity index (χ0n) is 13.1. The number of aromatic nitrogens is 2. The standard InChI is InChI=1S/C19H15FN2O2/c1-13-18(22-17-8-3-2-7-16(17)21-13)12-24-19(23)10-9-14-5-4-6-15(20)11-14/h2-11H,12H2,1H3/b10-9+. The number of aryl methyl sites for hydroxylation is 1. The maximum atomic E-state index is 13.1. The van der Waals surface area contributed by atoms with Gasteiger partial charge in [0, 0.05) is 6.08 Å². The van der Waals surface area contributed by atoms with Crippen LogP contribution < -0.4 is 0 Å². The van der Waals surface area contributed by atoms with Crippen LogP contribution in [0.25, 0.3) is 17.1 Å². The first kappa shape index (κ1) is 15.8. The number of hydrogen-bond acceptors (Lipinski definition) is 4. The van der Waals surface area contributed by atoms with Gasteiger partial charge < -0.3 is 4.74 Å². The van der Waals surface area contributed by atoms with Crippen molar-refractivity contribution in [2.45, 2.75) is 13.5 Å². The Hall–Kier alpha value is -3.08. The second-order valence-corrected chi connectivity index (χ2v) is 5.24. The summed E-state index contributed by atoms with van der Waals surface area (Å²) in [5.74, 6) is -0.874. The van der Waals surface area contributed by atoms with E-state index in [4.69, 9.17) is 4.74 Å². The van der Waals surface area contributed by atoms with E-state index in [2.05, 4.69) is 9.97 Å². The molecule has 0 saturated carbocycles. The number of para-hydroxylation sites is 2. The van der Waals surface area contributed by atoms with Crippen LogP contribution in [0.15, 0.2) is 54.6 Å². The second-order valence-electron chi connectivity index (χ2n) is 5.24. The van der Waals surface area contributed by atoms with E-state index in [0.717, 1.165) is 16.7 Å². The van der Waals surface area contributed by atoms with Gasteiger partial charge >= 0.3 is 5.97 Å². The zero-order chi connectivity index (χ0) is 16.9. The van der Waals surface area contributed by atoms with Crippen molar-refractivity contribution in [2.24, 2.45) is 0 Å². The van der Waals surface area contributed by atoms with Gasteiger partial charge in [0.1, 0.15) is 12.4 Å². The first-order chi connectivity index (χ1) is 11.6. The van der Waals surface area contributed by atoms with Crippen LogP contribution in [0.1, 0.15) is 17.0 Å². The van der Waals surface area contributed by atoms with Crippen LogP contribution in [0.5, 0.6) is 0 Å². The number of carbonyl (C=O) groups is 1. The van der Waals surface area contributed by atoms with Crippen molar-refractivity contribution in [1.82, 2.24) is 9.97 Å². The van der Waals surface area contributed by atoms with Crippen LogP contribution in [-0.2, 0) is 16.1 Å². The fourth-order valence-corrected chi connectivity index (χ4v) is 2.22. The number of halogens is 1. The number of benzene rings is 2. The lowest BCUT2D eigenvalue weighted by Gasteiger charge is -2.06. The van der Waals surface area contributed by atoms with Crippen LogP contribution in [0.3, 0.4) is 0 Å². The molecule has 0 unspecified atom stereocenters. The molecule has 0 atom stereocenters. The number of carbonyl (C=O) groups excluding carboxylic acids is 1. The van der Waals surface area contributed by atoms with Gasteiger partial charge in [-0.2, -0.15) is 0 Å². The molecule has 0 bridgehead atoms. The lowest BCUT2D eigenvalue weighted by atomic mass is 10.2. The summed E-state index contributed by atoms with van der Waals surface area (Å²) in [5.41, 5.74) is 3.48. The van der Waals surface area contributed by atoms with Crippen molar-refractivity contribution in [3.63, 3.8) is 0 Å². The average molecular weight is 322 g/mol. The fourth-order valence-electron chi connectivity index (χ4n) is 2.22. The topological polar surface area (TPSA) is 52.1 Å². The van der Waals surface area contributed by atoms with Gasteiger partial charge in [-0.1, -0.05) is 24.3 Å². The van der Waals surface area contributed by atoms with Gasteiger partial charge in [0.15, 0.2) is 0 Å². The first-order valence-corrected chi connectivity index (χ1v) is 7.44. The molecular formula is C19H15FN2O2. The smallest absolute Gasteiger partial charge is 0.331 e. The molecule has 0 fully saturated rings. The van der Waals surface area contributed by atoms with Gasteiger partial charge in [-0.3, -0.25) is 0 Å². The minimum Gasteiger partial charge on any atom is -0.456 e. The SMILES string of the molecule is Cc1nc2ccccc2nc1COC(=O)/C=C/c1cccc(F)c1. The Labute approximate surface area is 138 Å². The molecule has 1 aromatic heterocycles. The van der Waals surface area contributed by atoms with Gasteiger partial charge in [0.2, 0.25) is 0 Å². The Morgan fingerprint density at radius 1 is 1.12 bits per heavy atom. The summed E-state index contributed by atoms with van der Waals surface area (Å²) in [6.07, 6.45) is 2.77. The molecule has 2 aromatic carbocycles. The summed E-state index contributed by atoms with van der Waals surface area (Å²) >= 11 is 0. The highest BCUT2D eigenvalue weighted by molar-refractivity contribution is 5.87. The predicted molar refractivity (Wildman–Crippen MR) is 89.5 cm³/mol. The number of fused-ring (bicyclic) bond motifs is 1. The lowest BCUT2D eigenvalue weighted by molar-refractivity contribution is -0.139. The third-order valence-electron chi connectivity index (χ3n) is 3.45. The fraction of sp³-hybridized carbons (Fsp3) is 0.105. The Balaban J connectivity index is 1.67. The maximum Gasteiger partial charge on any atom is 0.331 e. The van der Waals surface area contributed by atoms with Crippen molar-refractivity contribution in [3.05, 3.63) is 77.4 Å². The van der Waals surface area contributed by atoms with Crippen molar-refractivity contribution >= 4 is 23.1 Å². The number of esters is 1. The summed E-state index contributed by atoms with van der Waals surface area (Å²) in [6.45, 7) is 1.86. The van der Waals surface area contributed by atoms with E-state index in [-0.39, 0.29) is 12.4 Å². The minimum atomic E-state index is -0.520. The van der Waals surface area contributed by atoms with Crippen molar-refractivity contribution in [1.29, 1.82) is 0 Å². The maximum absolute atomic E-state index is 13.1. The molecule has 3 aromatic rings. The highest BCUT2D eigenvalue weighted by Gasteiger charge is 2.07. The molecule has 5 heteroatoms. The van der Waals surface area contributed by atoms with Crippen molar-refractivity contribution in [2.75, 3.05) is 0 Å². The van der Waals surface area contributed by atoms with Crippen LogP contribution in [0.4, 0.5) is 4.39 Å². The minimum absolute atomic E-state index is 0.0377. The molecule has 0 aliphatic rings. The van der Waals surface area contributed by atoms with Gasteiger partial charge in [-0.05, 0) is 42.8 Å². The van der Waals surface area contributed by atoms with Crippen LogP contribution in [0, 0.1) is 12.7 Å². The average Bonchev–Trinajstić information content (AvgIpc) is 2.58. The predicted octanol–water partition coefficient (Wildman–Crippen LogP) is 3.83. The van der Waals surface area contributed by atoms with E-state index < -0.39 is 5.97 Å². The molecule has 1 heterocycles. The van der Waals surface area contributed by atoms with E-state index in [0.29, 0.717) is 11.3 Å². The summed E-state index contributed by atoms with van der Waals surface area (Å²) in [6, 6.07) is 13.5. The molecule has 3 rings (SSSR count). The lowest BCUT2D eigenvalue weighted by Crippen LogP contribution is -2.05. The van der Waals surface area contributed by atoms with E-state index >= 15 is 0 Å². The first-order valence-electron chi connectivity index (χ1n) is 7.44. The van der Waals surface area contributed by atoms with Gasteiger partial charge in [-0.25, -0.2) is 19.2 Å². The summed E-state index contributed by atoms with van der Waals surface area (Å²) in [7, 11) is 0. The Morgan fingerprint density at radius 3 is 2.62 bits per heavy atom. The van der Waals surface area contributed by atoms with Crippen LogP contribution in [-0.4, -0.2) is 15.9 Å². The number of ether oxygens (including phenoxy) is 1. The molecule has 0 spiro atoms. The van der Waals surface area contributed by atoms with E-state index in [9.17, 15) is 9.18 Å². The number of rotatable bonds is 4. The zero-order valence-corrected chi connectivity index (χ0v) is 13.1. The molecule has 0 amide bonds. The van der Waals surface area contributed by atoms with E-state index in [1.165, 1.54) is 24.3 Å². The quantitative estimate of drug-likeness (QED) is 0.541. The molecule has 0 aliphatic heterocycles. The van der Waals surface area contributed by atoms with Gasteiger partial charge in [0.05, 0.1) is 22.4 Å². The van der Waals surface area contributed by atoms with Gasteiger partial charge in [-0.15, -0.1) is 0 Å². The monoisotopic (exact) mass is 322 g/mol. The molecule has 120 valence electrons. The highest BCUT2D eigenvalue weighted by atomic mass is 19.1. The summed E-state index contributed by atoms with van der Waals surface area (Å²) < 4.78 is 18.3. The second kappa shape index (κ2) is 7.00. The number of hydrogen-bond donors (Lipinski definition) is 0. The molecule has 24 heavy (non-hydrogen) atoms. The Kier molecular flexibility index (Phi) is 4.61. The molecule has 0 radical (unpaired) electrons. The molecule has 0 N–H and O–H groups in total. The normalized spacial score (nSPS) is 11.1. The van der Waals surface area contributed by atoms with Crippen molar-refractivity contribution in [3.8, 4) is 0 Å². The van der Waals surface area contributed by atoms with Crippen LogP contribution >= 0.6 is 0 Å².